The van der Waals surface area contributed by atoms with Gasteiger partial charge >= 0.3 is 8.80 Å². The van der Waals surface area contributed by atoms with Gasteiger partial charge in [0.2, 0.25) is 0 Å². The van der Waals surface area contributed by atoms with Crippen LogP contribution < -0.4 is 0 Å². The van der Waals surface area contributed by atoms with Gasteiger partial charge in [0.05, 0.1) is 0 Å². The molecule has 1 aromatic rings. The minimum atomic E-state index is -3.90. The molecule has 0 bridgehead atoms. The first-order valence-electron chi connectivity index (χ1n) is 5.99. The van der Waals surface area contributed by atoms with Crippen LogP contribution in [0.15, 0.2) is 18.2 Å². The molecule has 0 heterocycles. The van der Waals surface area contributed by atoms with Crippen LogP contribution in [-0.2, 0) is 6.42 Å². The lowest BCUT2D eigenvalue weighted by atomic mass is 10.1. The molecule has 0 aromatic heterocycles. The summed E-state index contributed by atoms with van der Waals surface area (Å²) >= 11 is 0. The van der Waals surface area contributed by atoms with Crippen molar-refractivity contribution in [2.24, 2.45) is 0 Å². The number of halogens is 2. The molecular weight excluding hydrogens is 258 g/mol. The minimum Gasteiger partial charge on any atom is -0.390 e. The van der Waals surface area contributed by atoms with Crippen molar-refractivity contribution in [3.63, 3.8) is 0 Å². The van der Waals surface area contributed by atoms with Gasteiger partial charge in [0.25, 0.3) is 0 Å². The summed E-state index contributed by atoms with van der Waals surface area (Å²) in [5.41, 5.74) is 0.627. The summed E-state index contributed by atoms with van der Waals surface area (Å²) < 4.78 is 25.7. The van der Waals surface area contributed by atoms with Gasteiger partial charge in [-0.1, -0.05) is 12.8 Å². The molecule has 0 atom stereocenters. The van der Waals surface area contributed by atoms with Gasteiger partial charge in [-0.15, -0.1) is 0 Å². The fourth-order valence-corrected chi connectivity index (χ4v) is 2.52. The average Bonchev–Trinajstić information content (AvgIpc) is 2.20. The van der Waals surface area contributed by atoms with E-state index in [0.717, 1.165) is 25.3 Å². The molecule has 1 aromatic carbocycles. The second-order valence-corrected chi connectivity index (χ2v) is 6.51. The number of aryl methyl sites for hydroxylation is 1. The van der Waals surface area contributed by atoms with Crippen LogP contribution in [0.2, 0.25) is 6.04 Å². The Morgan fingerprint density at radius 2 is 1.39 bits per heavy atom. The van der Waals surface area contributed by atoms with Gasteiger partial charge in [-0.2, -0.15) is 0 Å². The Morgan fingerprint density at radius 3 is 1.94 bits per heavy atom. The first-order valence-corrected chi connectivity index (χ1v) is 8.04. The highest BCUT2D eigenvalue weighted by Gasteiger charge is 2.25. The first-order chi connectivity index (χ1) is 8.37. The van der Waals surface area contributed by atoms with E-state index in [-0.39, 0.29) is 6.04 Å². The molecule has 0 spiro atoms. The van der Waals surface area contributed by atoms with Crippen LogP contribution in [0.4, 0.5) is 8.78 Å². The highest BCUT2D eigenvalue weighted by molar-refractivity contribution is 6.56. The van der Waals surface area contributed by atoms with Gasteiger partial charge in [0, 0.05) is 12.1 Å². The van der Waals surface area contributed by atoms with E-state index in [1.54, 1.807) is 0 Å². The van der Waals surface area contributed by atoms with Crippen molar-refractivity contribution in [2.45, 2.75) is 38.1 Å². The normalized spacial score (nSPS) is 11.8. The van der Waals surface area contributed by atoms with Crippen molar-refractivity contribution in [3.8, 4) is 0 Å². The predicted molar refractivity (Wildman–Crippen MR) is 65.7 cm³/mol. The summed E-state index contributed by atoms with van der Waals surface area (Å²) in [7, 11) is -3.90. The van der Waals surface area contributed by atoms with Crippen molar-refractivity contribution >= 4 is 8.80 Å². The van der Waals surface area contributed by atoms with Crippen LogP contribution in [-0.4, -0.2) is 23.2 Å². The fourth-order valence-electron chi connectivity index (χ4n) is 1.80. The Labute approximate surface area is 106 Å². The zero-order valence-electron chi connectivity index (χ0n) is 10.1. The summed E-state index contributed by atoms with van der Waals surface area (Å²) in [5, 5.41) is 0. The zero-order valence-corrected chi connectivity index (χ0v) is 11.1. The molecule has 0 fully saturated rings. The van der Waals surface area contributed by atoms with Gasteiger partial charge in [0.1, 0.15) is 11.6 Å². The lowest BCUT2D eigenvalue weighted by Gasteiger charge is -2.08. The standard InChI is InChI=1S/C12H18F2O3Si/c13-11-7-10(8-12(14)9-11)5-3-1-2-4-6-18(15,16)17/h7-9,15-17H,1-6H2. The molecule has 0 aliphatic rings. The van der Waals surface area contributed by atoms with Gasteiger partial charge < -0.3 is 14.4 Å². The summed E-state index contributed by atoms with van der Waals surface area (Å²) in [5.74, 6) is -1.14. The Bertz CT molecular complexity index is 360. The third-order valence-electron chi connectivity index (χ3n) is 2.65. The summed E-state index contributed by atoms with van der Waals surface area (Å²) in [6, 6.07) is 3.52. The van der Waals surface area contributed by atoms with E-state index in [0.29, 0.717) is 18.4 Å². The van der Waals surface area contributed by atoms with Crippen LogP contribution in [0.1, 0.15) is 31.2 Å². The molecule has 6 heteroatoms. The Hall–Kier alpha value is -0.823. The third-order valence-corrected chi connectivity index (χ3v) is 3.67. The van der Waals surface area contributed by atoms with Crippen molar-refractivity contribution < 1.29 is 23.2 Å². The van der Waals surface area contributed by atoms with Crippen LogP contribution >= 0.6 is 0 Å². The number of rotatable bonds is 7. The van der Waals surface area contributed by atoms with Gasteiger partial charge in [-0.25, -0.2) is 8.78 Å². The lowest BCUT2D eigenvalue weighted by Crippen LogP contribution is -2.33. The fraction of sp³-hybridized carbons (Fsp3) is 0.500. The third kappa shape index (κ3) is 6.80. The maximum atomic E-state index is 12.9. The van der Waals surface area contributed by atoms with Crippen LogP contribution in [0.5, 0.6) is 0 Å². The average molecular weight is 276 g/mol. The maximum absolute atomic E-state index is 12.9. The van der Waals surface area contributed by atoms with E-state index >= 15 is 0 Å². The van der Waals surface area contributed by atoms with Crippen molar-refractivity contribution in [1.29, 1.82) is 0 Å². The molecule has 0 amide bonds. The van der Waals surface area contributed by atoms with Gasteiger partial charge in [0.15, 0.2) is 0 Å². The summed E-state index contributed by atoms with van der Waals surface area (Å²) in [4.78, 5) is 26.3. The Morgan fingerprint density at radius 1 is 0.833 bits per heavy atom. The smallest absolute Gasteiger partial charge is 0.390 e. The van der Waals surface area contributed by atoms with E-state index in [9.17, 15) is 8.78 Å². The van der Waals surface area contributed by atoms with E-state index in [1.165, 1.54) is 12.1 Å². The molecule has 0 aliphatic carbocycles. The molecule has 0 radical (unpaired) electrons. The Balaban J connectivity index is 2.18. The van der Waals surface area contributed by atoms with Crippen molar-refractivity contribution in [3.05, 3.63) is 35.4 Å². The monoisotopic (exact) mass is 276 g/mol. The van der Waals surface area contributed by atoms with Crippen molar-refractivity contribution in [1.82, 2.24) is 0 Å². The molecule has 1 rings (SSSR count). The number of unbranched alkanes of at least 4 members (excludes halogenated alkanes) is 3. The number of hydrogen-bond donors (Lipinski definition) is 3. The topological polar surface area (TPSA) is 60.7 Å². The first kappa shape index (κ1) is 15.2. The number of hydrogen-bond acceptors (Lipinski definition) is 3. The molecular formula is C12H18F2O3Si. The van der Waals surface area contributed by atoms with Crippen LogP contribution in [0, 0.1) is 11.6 Å². The second-order valence-electron chi connectivity index (χ2n) is 4.47. The summed E-state index contributed by atoms with van der Waals surface area (Å²) in [6.45, 7) is 0. The molecule has 18 heavy (non-hydrogen) atoms. The van der Waals surface area contributed by atoms with Crippen molar-refractivity contribution in [2.75, 3.05) is 0 Å². The van der Waals surface area contributed by atoms with Crippen LogP contribution in [0.25, 0.3) is 0 Å². The molecule has 102 valence electrons. The Kier molecular flexibility index (Phi) is 5.87. The highest BCUT2D eigenvalue weighted by atomic mass is 28.4. The number of benzene rings is 1. The summed E-state index contributed by atoms with van der Waals surface area (Å²) in [6.07, 6.45) is 3.50. The second kappa shape index (κ2) is 6.94. The SMILES string of the molecule is O[Si](O)(O)CCCCCCc1cc(F)cc(F)c1. The molecule has 3 N–H and O–H groups in total. The lowest BCUT2D eigenvalue weighted by molar-refractivity contribution is 0.226. The zero-order chi connectivity index (χ0) is 13.6. The van der Waals surface area contributed by atoms with Gasteiger partial charge in [-0.3, -0.25) is 0 Å². The highest BCUT2D eigenvalue weighted by Crippen LogP contribution is 2.13. The largest absolute Gasteiger partial charge is 0.492 e. The van der Waals surface area contributed by atoms with E-state index in [4.69, 9.17) is 14.4 Å². The van der Waals surface area contributed by atoms with E-state index in [2.05, 4.69) is 0 Å². The molecule has 0 unspecified atom stereocenters. The molecule has 3 nitrogen and oxygen atoms in total. The quantitative estimate of drug-likeness (QED) is 0.527. The molecule has 0 saturated carbocycles. The van der Waals surface area contributed by atoms with Gasteiger partial charge in [-0.05, 0) is 37.0 Å². The predicted octanol–water partition coefficient (Wildman–Crippen LogP) is 1.98. The molecule has 0 aliphatic heterocycles. The van der Waals surface area contributed by atoms with E-state index < -0.39 is 20.4 Å². The minimum absolute atomic E-state index is 0.0432. The maximum Gasteiger partial charge on any atom is 0.492 e. The van der Waals surface area contributed by atoms with Crippen LogP contribution in [0.3, 0.4) is 0 Å². The van der Waals surface area contributed by atoms with E-state index in [1.807, 2.05) is 0 Å². The molecule has 0 saturated heterocycles.